The Kier molecular flexibility index (Phi) is 5.32. The number of aryl methyl sites for hydroxylation is 3. The third-order valence-electron chi connectivity index (χ3n) is 4.89. The molecule has 0 atom stereocenters. The first-order valence-corrected chi connectivity index (χ1v) is 10.6. The predicted molar refractivity (Wildman–Crippen MR) is 117 cm³/mol. The van der Waals surface area contributed by atoms with E-state index in [1.807, 2.05) is 22.8 Å². The molecule has 0 bridgehead atoms. The molecule has 144 valence electrons. The minimum Gasteiger partial charge on any atom is -0.395 e. The first-order valence-electron chi connectivity index (χ1n) is 9.23. The van der Waals surface area contributed by atoms with Gasteiger partial charge in [0, 0.05) is 17.0 Å². The third-order valence-corrected chi connectivity index (χ3v) is 6.04. The van der Waals surface area contributed by atoms with Gasteiger partial charge in [0.2, 0.25) is 0 Å². The summed E-state index contributed by atoms with van der Waals surface area (Å²) in [4.78, 5) is 9.64. The van der Waals surface area contributed by atoms with Gasteiger partial charge in [0.05, 0.1) is 33.9 Å². The molecule has 28 heavy (non-hydrogen) atoms. The number of aliphatic hydroxyl groups excluding tert-OH is 1. The fraction of sp³-hybridized carbons (Fsp3) is 0.273. The highest BCUT2D eigenvalue weighted by molar-refractivity contribution is 7.98. The molecule has 0 spiro atoms. The summed E-state index contributed by atoms with van der Waals surface area (Å²) in [5, 5.41) is 12.3. The summed E-state index contributed by atoms with van der Waals surface area (Å²) in [6.07, 6.45) is 0. The van der Waals surface area contributed by atoms with Gasteiger partial charge in [-0.05, 0) is 62.2 Å². The minimum atomic E-state index is 0.0571. The second kappa shape index (κ2) is 7.74. The van der Waals surface area contributed by atoms with Gasteiger partial charge in [-0.2, -0.15) is 0 Å². The molecule has 0 aliphatic rings. The van der Waals surface area contributed by atoms with Crippen LogP contribution in [-0.4, -0.2) is 26.2 Å². The van der Waals surface area contributed by atoms with Gasteiger partial charge in [-0.1, -0.05) is 35.0 Å². The topological polar surface area (TPSA) is 50.9 Å². The molecular weight excluding hydrogens is 390 g/mol. The Balaban J connectivity index is 1.69. The number of benzene rings is 2. The van der Waals surface area contributed by atoms with Crippen molar-refractivity contribution in [2.24, 2.45) is 0 Å². The van der Waals surface area contributed by atoms with Crippen LogP contribution >= 0.6 is 23.4 Å². The molecule has 6 heteroatoms. The summed E-state index contributed by atoms with van der Waals surface area (Å²) < 4.78 is 2.04. The summed E-state index contributed by atoms with van der Waals surface area (Å²) in [7, 11) is 0. The molecule has 0 fully saturated rings. The standard InChI is InChI=1S/C22H22ClN3OS/c1-13-8-15(3)22-17(9-13)14(2)10-21(25-22)28-12-20-24-18-5-4-16(23)11-19(18)26(20)6-7-27/h4-5,8-11,27H,6-7,12H2,1-3H3. The van der Waals surface area contributed by atoms with E-state index in [0.29, 0.717) is 17.3 Å². The van der Waals surface area contributed by atoms with Crippen molar-refractivity contribution in [3.63, 3.8) is 0 Å². The van der Waals surface area contributed by atoms with Crippen LogP contribution in [0.25, 0.3) is 21.9 Å². The fourth-order valence-corrected chi connectivity index (χ4v) is 4.71. The van der Waals surface area contributed by atoms with E-state index in [0.717, 1.165) is 27.4 Å². The van der Waals surface area contributed by atoms with E-state index >= 15 is 0 Å². The van der Waals surface area contributed by atoms with Gasteiger partial charge in [0.1, 0.15) is 5.82 Å². The van der Waals surface area contributed by atoms with Crippen molar-refractivity contribution in [2.75, 3.05) is 6.61 Å². The van der Waals surface area contributed by atoms with Crippen LogP contribution in [0.4, 0.5) is 0 Å². The third kappa shape index (κ3) is 3.62. The number of halogens is 1. The Morgan fingerprint density at radius 3 is 2.64 bits per heavy atom. The molecule has 0 saturated heterocycles. The average Bonchev–Trinajstić information content (AvgIpc) is 2.98. The van der Waals surface area contributed by atoms with Gasteiger partial charge in [-0.25, -0.2) is 9.97 Å². The zero-order valence-electron chi connectivity index (χ0n) is 16.2. The minimum absolute atomic E-state index is 0.0571. The molecule has 2 aromatic carbocycles. The molecule has 2 heterocycles. The van der Waals surface area contributed by atoms with Gasteiger partial charge < -0.3 is 9.67 Å². The van der Waals surface area contributed by atoms with Gasteiger partial charge in [-0.3, -0.25) is 0 Å². The van der Waals surface area contributed by atoms with Crippen molar-refractivity contribution < 1.29 is 5.11 Å². The first-order chi connectivity index (χ1) is 13.5. The maximum atomic E-state index is 9.48. The summed E-state index contributed by atoms with van der Waals surface area (Å²) >= 11 is 7.82. The van der Waals surface area contributed by atoms with Crippen LogP contribution in [0.5, 0.6) is 0 Å². The van der Waals surface area contributed by atoms with Crippen LogP contribution in [0, 0.1) is 20.8 Å². The zero-order chi connectivity index (χ0) is 19.8. The number of aromatic nitrogens is 3. The van der Waals surface area contributed by atoms with Crippen molar-refractivity contribution in [1.82, 2.24) is 14.5 Å². The summed E-state index contributed by atoms with van der Waals surface area (Å²) in [6.45, 7) is 6.92. The van der Waals surface area contributed by atoms with Crippen LogP contribution in [0.2, 0.25) is 5.02 Å². The Hall–Kier alpha value is -2.08. The van der Waals surface area contributed by atoms with Crippen molar-refractivity contribution in [2.45, 2.75) is 38.1 Å². The number of thioether (sulfide) groups is 1. The first kappa shape index (κ1) is 19.2. The number of fused-ring (bicyclic) bond motifs is 2. The van der Waals surface area contributed by atoms with Crippen molar-refractivity contribution >= 4 is 45.3 Å². The van der Waals surface area contributed by atoms with E-state index in [-0.39, 0.29) is 6.61 Å². The van der Waals surface area contributed by atoms with Gasteiger partial charge in [0.25, 0.3) is 0 Å². The lowest BCUT2D eigenvalue weighted by atomic mass is 10.0. The highest BCUT2D eigenvalue weighted by Gasteiger charge is 2.13. The van der Waals surface area contributed by atoms with Gasteiger partial charge >= 0.3 is 0 Å². The Morgan fingerprint density at radius 2 is 1.86 bits per heavy atom. The van der Waals surface area contributed by atoms with Crippen molar-refractivity contribution in [3.8, 4) is 0 Å². The van der Waals surface area contributed by atoms with E-state index in [9.17, 15) is 5.11 Å². The summed E-state index contributed by atoms with van der Waals surface area (Å²) in [5.74, 6) is 1.59. The monoisotopic (exact) mass is 411 g/mol. The predicted octanol–water partition coefficient (Wildman–Crippen LogP) is 5.45. The zero-order valence-corrected chi connectivity index (χ0v) is 17.7. The Bertz CT molecular complexity index is 1190. The summed E-state index contributed by atoms with van der Waals surface area (Å²) in [6, 6.07) is 12.2. The van der Waals surface area contributed by atoms with Crippen LogP contribution < -0.4 is 0 Å². The van der Waals surface area contributed by atoms with E-state index in [1.54, 1.807) is 11.8 Å². The van der Waals surface area contributed by atoms with Crippen LogP contribution in [-0.2, 0) is 12.3 Å². The largest absolute Gasteiger partial charge is 0.395 e. The second-order valence-electron chi connectivity index (χ2n) is 7.08. The molecule has 0 unspecified atom stereocenters. The molecule has 4 aromatic rings. The number of imidazole rings is 1. The molecule has 0 amide bonds. The number of hydrogen-bond donors (Lipinski definition) is 1. The van der Waals surface area contributed by atoms with E-state index in [4.69, 9.17) is 21.6 Å². The molecule has 4 rings (SSSR count). The second-order valence-corrected chi connectivity index (χ2v) is 8.51. The maximum absolute atomic E-state index is 9.48. The van der Waals surface area contributed by atoms with E-state index in [1.165, 1.54) is 22.1 Å². The molecule has 4 nitrogen and oxygen atoms in total. The van der Waals surface area contributed by atoms with E-state index in [2.05, 4.69) is 39.0 Å². The molecule has 1 N–H and O–H groups in total. The van der Waals surface area contributed by atoms with Crippen molar-refractivity contribution in [1.29, 1.82) is 0 Å². The number of hydrogen-bond acceptors (Lipinski definition) is 4. The smallest absolute Gasteiger partial charge is 0.120 e. The van der Waals surface area contributed by atoms with Crippen molar-refractivity contribution in [3.05, 3.63) is 63.9 Å². The molecule has 0 aliphatic carbocycles. The molecule has 0 radical (unpaired) electrons. The van der Waals surface area contributed by atoms with Gasteiger partial charge in [-0.15, -0.1) is 0 Å². The lowest BCUT2D eigenvalue weighted by Gasteiger charge is -2.10. The Labute approximate surface area is 173 Å². The fourth-order valence-electron chi connectivity index (χ4n) is 3.63. The molecule has 0 aliphatic heterocycles. The summed E-state index contributed by atoms with van der Waals surface area (Å²) in [5.41, 5.74) is 6.58. The quantitative estimate of drug-likeness (QED) is 0.444. The van der Waals surface area contributed by atoms with Gasteiger partial charge in [0.15, 0.2) is 0 Å². The van der Waals surface area contributed by atoms with Crippen LogP contribution in [0.15, 0.2) is 41.4 Å². The normalized spacial score (nSPS) is 11.6. The number of pyridine rings is 1. The molecule has 0 saturated carbocycles. The highest BCUT2D eigenvalue weighted by atomic mass is 35.5. The maximum Gasteiger partial charge on any atom is 0.120 e. The van der Waals surface area contributed by atoms with E-state index < -0.39 is 0 Å². The SMILES string of the molecule is Cc1cc(C)c2nc(SCc3nc4ccc(Cl)cc4n3CCO)cc(C)c2c1. The number of aliphatic hydroxyl groups is 1. The average molecular weight is 412 g/mol. The Morgan fingerprint density at radius 1 is 1.04 bits per heavy atom. The highest BCUT2D eigenvalue weighted by Crippen LogP contribution is 2.30. The number of rotatable bonds is 5. The molecule has 2 aromatic heterocycles. The van der Waals surface area contributed by atoms with Crippen LogP contribution in [0.3, 0.4) is 0 Å². The molecular formula is C22H22ClN3OS. The van der Waals surface area contributed by atoms with Crippen LogP contribution in [0.1, 0.15) is 22.5 Å². The number of nitrogens with zero attached hydrogens (tertiary/aromatic N) is 3. The lowest BCUT2D eigenvalue weighted by molar-refractivity contribution is 0.276. The lowest BCUT2D eigenvalue weighted by Crippen LogP contribution is -2.06.